The first-order valence-electron chi connectivity index (χ1n) is 5.79. The van der Waals surface area contributed by atoms with Gasteiger partial charge in [0, 0.05) is 12.6 Å². The van der Waals surface area contributed by atoms with E-state index in [2.05, 4.69) is 4.98 Å². The second kappa shape index (κ2) is 4.59. The lowest BCUT2D eigenvalue weighted by Crippen LogP contribution is -2.02. The maximum atomic E-state index is 10.3. The molecule has 1 aliphatic heterocycles. The van der Waals surface area contributed by atoms with Crippen LogP contribution in [0.3, 0.4) is 0 Å². The fourth-order valence-corrected chi connectivity index (χ4v) is 2.21. The third-order valence-corrected chi connectivity index (χ3v) is 3.28. The van der Waals surface area contributed by atoms with Gasteiger partial charge in [0.1, 0.15) is 11.9 Å². The summed E-state index contributed by atoms with van der Waals surface area (Å²) in [6.45, 7) is 0.716. The summed E-state index contributed by atoms with van der Waals surface area (Å²) >= 11 is 5.78. The summed E-state index contributed by atoms with van der Waals surface area (Å²) in [4.78, 5) is 4.13. The molecule has 0 spiro atoms. The highest BCUT2D eigenvalue weighted by Gasteiger charge is 2.17. The summed E-state index contributed by atoms with van der Waals surface area (Å²) in [6, 6.07) is 9.20. The van der Waals surface area contributed by atoms with Crippen LogP contribution in [0.1, 0.15) is 22.9 Å². The molecule has 1 atom stereocenters. The second-order valence-electron chi connectivity index (χ2n) is 4.27. The minimum atomic E-state index is -0.729. The van der Waals surface area contributed by atoms with Crippen molar-refractivity contribution in [3.63, 3.8) is 0 Å². The first-order chi connectivity index (χ1) is 8.74. The predicted octanol–water partition coefficient (Wildman–Crippen LogP) is 2.75. The Balaban J connectivity index is 1.92. The van der Waals surface area contributed by atoms with Gasteiger partial charge in [0.05, 0.1) is 17.3 Å². The lowest BCUT2D eigenvalue weighted by Gasteiger charge is -2.11. The SMILES string of the molecule is OC(c1ccc2c(c1)CCO2)c1ccc(Cl)cn1. The normalized spacial score (nSPS) is 15.0. The summed E-state index contributed by atoms with van der Waals surface area (Å²) in [7, 11) is 0. The molecule has 0 saturated heterocycles. The van der Waals surface area contributed by atoms with Crippen molar-refractivity contribution in [2.24, 2.45) is 0 Å². The number of pyridine rings is 1. The summed E-state index contributed by atoms with van der Waals surface area (Å²) in [5, 5.41) is 10.8. The third kappa shape index (κ3) is 2.07. The van der Waals surface area contributed by atoms with E-state index in [1.165, 1.54) is 6.20 Å². The molecule has 0 amide bonds. The molecule has 2 aromatic rings. The van der Waals surface area contributed by atoms with Crippen molar-refractivity contribution in [3.05, 3.63) is 58.4 Å². The Bertz CT molecular complexity index is 569. The Morgan fingerprint density at radius 2 is 2.17 bits per heavy atom. The maximum absolute atomic E-state index is 10.3. The van der Waals surface area contributed by atoms with Gasteiger partial charge in [0.2, 0.25) is 0 Å². The molecule has 1 aromatic heterocycles. The average molecular weight is 262 g/mol. The highest BCUT2D eigenvalue weighted by Crippen LogP contribution is 2.30. The van der Waals surface area contributed by atoms with Crippen LogP contribution in [0.4, 0.5) is 0 Å². The molecule has 0 aliphatic carbocycles. The van der Waals surface area contributed by atoms with E-state index in [0.717, 1.165) is 23.3 Å². The van der Waals surface area contributed by atoms with Crippen molar-refractivity contribution in [2.45, 2.75) is 12.5 Å². The van der Waals surface area contributed by atoms with Gasteiger partial charge >= 0.3 is 0 Å². The van der Waals surface area contributed by atoms with Gasteiger partial charge in [-0.25, -0.2) is 0 Å². The summed E-state index contributed by atoms with van der Waals surface area (Å²) in [6.07, 6.45) is 1.70. The monoisotopic (exact) mass is 261 g/mol. The van der Waals surface area contributed by atoms with Crippen LogP contribution < -0.4 is 4.74 Å². The fourth-order valence-electron chi connectivity index (χ4n) is 2.10. The van der Waals surface area contributed by atoms with Gasteiger partial charge in [-0.3, -0.25) is 4.98 Å². The molecule has 1 N–H and O–H groups in total. The van der Waals surface area contributed by atoms with Crippen LogP contribution in [0.15, 0.2) is 36.5 Å². The number of ether oxygens (including phenoxy) is 1. The molecule has 0 fully saturated rings. The molecule has 0 bridgehead atoms. The summed E-state index contributed by atoms with van der Waals surface area (Å²) in [5.41, 5.74) is 2.56. The van der Waals surface area contributed by atoms with Crippen molar-refractivity contribution < 1.29 is 9.84 Å². The Morgan fingerprint density at radius 3 is 2.94 bits per heavy atom. The van der Waals surface area contributed by atoms with Crippen LogP contribution in [0.5, 0.6) is 5.75 Å². The van der Waals surface area contributed by atoms with E-state index in [0.29, 0.717) is 17.3 Å². The number of hydrogen-bond donors (Lipinski definition) is 1. The zero-order valence-electron chi connectivity index (χ0n) is 9.64. The Labute approximate surface area is 110 Å². The zero-order chi connectivity index (χ0) is 12.5. The van der Waals surface area contributed by atoms with E-state index >= 15 is 0 Å². The van der Waals surface area contributed by atoms with Gasteiger partial charge in [-0.2, -0.15) is 0 Å². The maximum Gasteiger partial charge on any atom is 0.122 e. The molecule has 0 radical (unpaired) electrons. The number of fused-ring (bicyclic) bond motifs is 1. The number of hydrogen-bond acceptors (Lipinski definition) is 3. The molecule has 4 heteroatoms. The third-order valence-electron chi connectivity index (χ3n) is 3.06. The van der Waals surface area contributed by atoms with E-state index in [1.807, 2.05) is 18.2 Å². The van der Waals surface area contributed by atoms with Gasteiger partial charge in [-0.05, 0) is 35.4 Å². The molecule has 18 heavy (non-hydrogen) atoms. The molecule has 1 unspecified atom stereocenters. The first kappa shape index (κ1) is 11.5. The molecule has 0 saturated carbocycles. The minimum absolute atomic E-state index is 0.563. The van der Waals surface area contributed by atoms with Crippen LogP contribution >= 0.6 is 11.6 Å². The summed E-state index contributed by atoms with van der Waals surface area (Å²) < 4.78 is 5.44. The van der Waals surface area contributed by atoms with Crippen LogP contribution in [0.25, 0.3) is 0 Å². The molecule has 1 aliphatic rings. The van der Waals surface area contributed by atoms with Gasteiger partial charge in [0.15, 0.2) is 0 Å². The van der Waals surface area contributed by atoms with Crippen LogP contribution in [0, 0.1) is 0 Å². The average Bonchev–Trinajstić information content (AvgIpc) is 2.86. The highest BCUT2D eigenvalue weighted by molar-refractivity contribution is 6.30. The van der Waals surface area contributed by atoms with Gasteiger partial charge in [-0.15, -0.1) is 0 Å². The van der Waals surface area contributed by atoms with E-state index in [-0.39, 0.29) is 0 Å². The number of benzene rings is 1. The van der Waals surface area contributed by atoms with Crippen LogP contribution in [0.2, 0.25) is 5.02 Å². The van der Waals surface area contributed by atoms with Crippen LogP contribution in [-0.4, -0.2) is 16.7 Å². The van der Waals surface area contributed by atoms with Crippen molar-refractivity contribution in [2.75, 3.05) is 6.61 Å². The fraction of sp³-hybridized carbons (Fsp3) is 0.214. The Morgan fingerprint density at radius 1 is 1.28 bits per heavy atom. The molecule has 3 rings (SSSR count). The number of aliphatic hydroxyl groups is 1. The Kier molecular flexibility index (Phi) is 2.94. The topological polar surface area (TPSA) is 42.4 Å². The number of aliphatic hydroxyl groups excluding tert-OH is 1. The first-order valence-corrected chi connectivity index (χ1v) is 6.17. The van der Waals surface area contributed by atoms with E-state index in [9.17, 15) is 5.11 Å². The van der Waals surface area contributed by atoms with E-state index in [1.54, 1.807) is 12.1 Å². The molecule has 1 aromatic carbocycles. The van der Waals surface area contributed by atoms with Gasteiger partial charge < -0.3 is 9.84 Å². The lowest BCUT2D eigenvalue weighted by molar-refractivity contribution is 0.215. The van der Waals surface area contributed by atoms with Crippen molar-refractivity contribution in [1.82, 2.24) is 4.98 Å². The van der Waals surface area contributed by atoms with Crippen molar-refractivity contribution in [3.8, 4) is 5.75 Å². The predicted molar refractivity (Wildman–Crippen MR) is 68.9 cm³/mol. The van der Waals surface area contributed by atoms with Gasteiger partial charge in [0.25, 0.3) is 0 Å². The largest absolute Gasteiger partial charge is 0.493 e. The van der Waals surface area contributed by atoms with Crippen molar-refractivity contribution in [1.29, 1.82) is 0 Å². The quantitative estimate of drug-likeness (QED) is 0.904. The standard InChI is InChI=1S/C14H12ClNO2/c15-11-2-3-12(16-8-11)14(17)10-1-4-13-9(7-10)5-6-18-13/h1-4,7-8,14,17H,5-6H2. The molecular weight excluding hydrogens is 250 g/mol. The Hall–Kier alpha value is -1.58. The smallest absolute Gasteiger partial charge is 0.122 e. The lowest BCUT2D eigenvalue weighted by atomic mass is 10.0. The zero-order valence-corrected chi connectivity index (χ0v) is 10.4. The molecular formula is C14H12ClNO2. The molecule has 2 heterocycles. The summed E-state index contributed by atoms with van der Waals surface area (Å²) in [5.74, 6) is 0.912. The number of rotatable bonds is 2. The number of halogens is 1. The number of aromatic nitrogens is 1. The minimum Gasteiger partial charge on any atom is -0.493 e. The molecule has 3 nitrogen and oxygen atoms in total. The van der Waals surface area contributed by atoms with Gasteiger partial charge in [-0.1, -0.05) is 17.7 Å². The van der Waals surface area contributed by atoms with Crippen LogP contribution in [-0.2, 0) is 6.42 Å². The number of nitrogens with zero attached hydrogens (tertiary/aromatic N) is 1. The van der Waals surface area contributed by atoms with E-state index < -0.39 is 6.10 Å². The van der Waals surface area contributed by atoms with Crippen molar-refractivity contribution >= 4 is 11.6 Å². The van der Waals surface area contributed by atoms with E-state index in [4.69, 9.17) is 16.3 Å². The highest BCUT2D eigenvalue weighted by atomic mass is 35.5. The second-order valence-corrected chi connectivity index (χ2v) is 4.71. The molecule has 92 valence electrons.